The van der Waals surface area contributed by atoms with Crippen LogP contribution >= 0.6 is 0 Å². The highest BCUT2D eigenvalue weighted by Crippen LogP contribution is 2.14. The van der Waals surface area contributed by atoms with Crippen molar-refractivity contribution in [3.05, 3.63) is 24.3 Å². The van der Waals surface area contributed by atoms with Gasteiger partial charge in [0.15, 0.2) is 0 Å². The van der Waals surface area contributed by atoms with E-state index in [9.17, 15) is 18.0 Å². The standard InChI is InChI=1S/C15H21N3O5S/c1-11(19)18-12-4-6-14(7-5-12)24(21,22)17-10-15(20)16-9-13-3-2-8-23-13/h4-7,13,17H,2-3,8-10H2,1H3,(H,16,20)(H,18,19). The molecule has 0 saturated carbocycles. The number of carbonyl (C=O) groups is 2. The third kappa shape index (κ3) is 5.59. The Morgan fingerprint density at radius 3 is 2.54 bits per heavy atom. The Kier molecular flexibility index (Phi) is 6.29. The largest absolute Gasteiger partial charge is 0.376 e. The lowest BCUT2D eigenvalue weighted by atomic mass is 10.2. The summed E-state index contributed by atoms with van der Waals surface area (Å²) in [6.07, 6.45) is 1.88. The molecule has 1 heterocycles. The van der Waals surface area contributed by atoms with Crippen molar-refractivity contribution in [1.29, 1.82) is 0 Å². The zero-order valence-electron chi connectivity index (χ0n) is 13.4. The molecule has 0 aliphatic carbocycles. The molecule has 0 spiro atoms. The molecule has 2 amide bonds. The zero-order valence-corrected chi connectivity index (χ0v) is 14.2. The fraction of sp³-hybridized carbons (Fsp3) is 0.467. The molecule has 0 aromatic heterocycles. The van der Waals surface area contributed by atoms with Crippen LogP contribution in [0.25, 0.3) is 0 Å². The molecule has 3 N–H and O–H groups in total. The molecule has 1 aromatic carbocycles. The minimum Gasteiger partial charge on any atom is -0.376 e. The van der Waals surface area contributed by atoms with Crippen molar-refractivity contribution in [3.8, 4) is 0 Å². The predicted molar refractivity (Wildman–Crippen MR) is 87.9 cm³/mol. The van der Waals surface area contributed by atoms with Gasteiger partial charge in [0.05, 0.1) is 17.5 Å². The number of hydrogen-bond donors (Lipinski definition) is 3. The van der Waals surface area contributed by atoms with Gasteiger partial charge >= 0.3 is 0 Å². The van der Waals surface area contributed by atoms with Crippen molar-refractivity contribution in [2.45, 2.75) is 30.8 Å². The fourth-order valence-corrected chi connectivity index (χ4v) is 3.24. The van der Waals surface area contributed by atoms with E-state index in [2.05, 4.69) is 15.4 Å². The van der Waals surface area contributed by atoms with Gasteiger partial charge in [0.25, 0.3) is 0 Å². The first kappa shape index (κ1) is 18.4. The van der Waals surface area contributed by atoms with Gasteiger partial charge in [-0.1, -0.05) is 0 Å². The summed E-state index contributed by atoms with van der Waals surface area (Å²) in [7, 11) is -3.79. The molecule has 1 atom stereocenters. The summed E-state index contributed by atoms with van der Waals surface area (Å²) in [4.78, 5) is 22.7. The van der Waals surface area contributed by atoms with Crippen LogP contribution in [0, 0.1) is 0 Å². The van der Waals surface area contributed by atoms with Crippen LogP contribution in [0.2, 0.25) is 0 Å². The number of amides is 2. The normalized spacial score (nSPS) is 17.5. The number of carbonyl (C=O) groups excluding carboxylic acids is 2. The second kappa shape index (κ2) is 8.22. The van der Waals surface area contributed by atoms with E-state index in [4.69, 9.17) is 4.74 Å². The van der Waals surface area contributed by atoms with Crippen molar-refractivity contribution < 1.29 is 22.7 Å². The highest BCUT2D eigenvalue weighted by atomic mass is 32.2. The third-order valence-electron chi connectivity index (χ3n) is 3.46. The van der Waals surface area contributed by atoms with E-state index in [1.807, 2.05) is 0 Å². The van der Waals surface area contributed by atoms with Gasteiger partial charge < -0.3 is 15.4 Å². The lowest BCUT2D eigenvalue weighted by molar-refractivity contribution is -0.120. The first-order valence-corrected chi connectivity index (χ1v) is 9.11. The van der Waals surface area contributed by atoms with Crippen molar-refractivity contribution in [2.75, 3.05) is 25.0 Å². The fourth-order valence-electron chi connectivity index (χ4n) is 2.26. The van der Waals surface area contributed by atoms with Crippen LogP contribution in [0.15, 0.2) is 29.2 Å². The summed E-state index contributed by atoms with van der Waals surface area (Å²) >= 11 is 0. The van der Waals surface area contributed by atoms with Crippen molar-refractivity contribution in [3.63, 3.8) is 0 Å². The molecule has 1 fully saturated rings. The van der Waals surface area contributed by atoms with E-state index in [1.54, 1.807) is 0 Å². The monoisotopic (exact) mass is 355 g/mol. The molecule has 0 bridgehead atoms. The van der Waals surface area contributed by atoms with E-state index in [0.29, 0.717) is 18.8 Å². The second-order valence-corrected chi connectivity index (χ2v) is 7.24. The second-order valence-electron chi connectivity index (χ2n) is 5.47. The highest BCUT2D eigenvalue weighted by molar-refractivity contribution is 7.89. The van der Waals surface area contributed by atoms with E-state index in [1.165, 1.54) is 31.2 Å². The number of sulfonamides is 1. The third-order valence-corrected chi connectivity index (χ3v) is 4.88. The average Bonchev–Trinajstić information content (AvgIpc) is 3.04. The van der Waals surface area contributed by atoms with Crippen LogP contribution in [0.1, 0.15) is 19.8 Å². The van der Waals surface area contributed by atoms with Gasteiger partial charge in [-0.3, -0.25) is 9.59 Å². The molecule has 2 rings (SSSR count). The van der Waals surface area contributed by atoms with Crippen molar-refractivity contribution in [2.24, 2.45) is 0 Å². The molecule has 132 valence electrons. The number of benzene rings is 1. The van der Waals surface area contributed by atoms with E-state index in [0.717, 1.165) is 12.8 Å². The van der Waals surface area contributed by atoms with Crippen LogP contribution in [0.5, 0.6) is 0 Å². The Balaban J connectivity index is 1.83. The minimum absolute atomic E-state index is 0.00637. The van der Waals surface area contributed by atoms with Gasteiger partial charge in [0.1, 0.15) is 0 Å². The molecular formula is C15H21N3O5S. The molecule has 1 aromatic rings. The molecule has 1 saturated heterocycles. The average molecular weight is 355 g/mol. The summed E-state index contributed by atoms with van der Waals surface area (Å²) in [5, 5.41) is 5.19. The summed E-state index contributed by atoms with van der Waals surface area (Å²) in [5.41, 5.74) is 0.496. The topological polar surface area (TPSA) is 114 Å². The Hall–Kier alpha value is -1.97. The van der Waals surface area contributed by atoms with Crippen LogP contribution in [0.3, 0.4) is 0 Å². The maximum absolute atomic E-state index is 12.1. The van der Waals surface area contributed by atoms with Gasteiger partial charge in [-0.15, -0.1) is 0 Å². The van der Waals surface area contributed by atoms with Crippen LogP contribution < -0.4 is 15.4 Å². The smallest absolute Gasteiger partial charge is 0.241 e. The Labute approximate surface area is 141 Å². The lowest BCUT2D eigenvalue weighted by Crippen LogP contribution is -2.39. The van der Waals surface area contributed by atoms with Crippen LogP contribution in [-0.2, 0) is 24.3 Å². The number of ether oxygens (including phenoxy) is 1. The number of nitrogens with one attached hydrogen (secondary N) is 3. The van der Waals surface area contributed by atoms with E-state index < -0.39 is 15.9 Å². The number of rotatable bonds is 7. The van der Waals surface area contributed by atoms with Crippen LogP contribution in [-0.4, -0.2) is 46.0 Å². The van der Waals surface area contributed by atoms with E-state index >= 15 is 0 Å². The zero-order chi connectivity index (χ0) is 17.6. The van der Waals surface area contributed by atoms with Gasteiger partial charge in [0, 0.05) is 25.8 Å². The van der Waals surface area contributed by atoms with Gasteiger partial charge in [0.2, 0.25) is 21.8 Å². The maximum atomic E-state index is 12.1. The molecule has 9 heteroatoms. The highest BCUT2D eigenvalue weighted by Gasteiger charge is 2.18. The van der Waals surface area contributed by atoms with Crippen molar-refractivity contribution >= 4 is 27.5 Å². The van der Waals surface area contributed by atoms with Gasteiger partial charge in [-0.2, -0.15) is 0 Å². The summed E-state index contributed by atoms with van der Waals surface area (Å²) in [6, 6.07) is 5.68. The Morgan fingerprint density at radius 2 is 1.96 bits per heavy atom. The molecule has 1 aliphatic heterocycles. The molecule has 1 aliphatic rings. The summed E-state index contributed by atoms with van der Waals surface area (Å²) in [5.74, 6) is -0.657. The number of anilines is 1. The molecule has 24 heavy (non-hydrogen) atoms. The van der Waals surface area contributed by atoms with Crippen LogP contribution in [0.4, 0.5) is 5.69 Å². The van der Waals surface area contributed by atoms with Gasteiger partial charge in [-0.25, -0.2) is 13.1 Å². The molecule has 0 radical (unpaired) electrons. The molecular weight excluding hydrogens is 334 g/mol. The Bertz CT molecular complexity index is 682. The first-order valence-electron chi connectivity index (χ1n) is 7.62. The lowest BCUT2D eigenvalue weighted by Gasteiger charge is -2.11. The first-order chi connectivity index (χ1) is 11.4. The SMILES string of the molecule is CC(=O)Nc1ccc(S(=O)(=O)NCC(=O)NCC2CCCO2)cc1. The van der Waals surface area contributed by atoms with E-state index in [-0.39, 0.29) is 23.5 Å². The maximum Gasteiger partial charge on any atom is 0.241 e. The Morgan fingerprint density at radius 1 is 1.25 bits per heavy atom. The summed E-state index contributed by atoms with van der Waals surface area (Å²) in [6.45, 7) is 2.09. The summed E-state index contributed by atoms with van der Waals surface area (Å²) < 4.78 is 31.9. The van der Waals surface area contributed by atoms with Gasteiger partial charge in [-0.05, 0) is 37.1 Å². The molecule has 1 unspecified atom stereocenters. The predicted octanol–water partition coefficient (Wildman–Crippen LogP) is 0.218. The van der Waals surface area contributed by atoms with Crippen molar-refractivity contribution in [1.82, 2.24) is 10.0 Å². The molecule has 8 nitrogen and oxygen atoms in total. The number of hydrogen-bond acceptors (Lipinski definition) is 5. The minimum atomic E-state index is -3.79. The quantitative estimate of drug-likeness (QED) is 0.647.